The summed E-state index contributed by atoms with van der Waals surface area (Å²) in [4.78, 5) is 25.5. The summed E-state index contributed by atoms with van der Waals surface area (Å²) in [6.07, 6.45) is 3.90. The van der Waals surface area contributed by atoms with Crippen molar-refractivity contribution in [3.05, 3.63) is 56.4 Å². The van der Waals surface area contributed by atoms with Crippen LogP contribution in [0.3, 0.4) is 0 Å². The van der Waals surface area contributed by atoms with Gasteiger partial charge < -0.3 is 10.1 Å². The fourth-order valence-corrected chi connectivity index (χ4v) is 3.81. The second-order valence-corrected chi connectivity index (χ2v) is 7.43. The lowest BCUT2D eigenvalue weighted by molar-refractivity contribution is -0.111. The minimum absolute atomic E-state index is 0.280. The van der Waals surface area contributed by atoms with Crippen LogP contribution in [0.5, 0.6) is 0 Å². The molecule has 2 rings (SSSR count). The van der Waals surface area contributed by atoms with Crippen LogP contribution in [0.4, 0.5) is 5.00 Å². The van der Waals surface area contributed by atoms with Gasteiger partial charge in [0.2, 0.25) is 5.91 Å². The summed E-state index contributed by atoms with van der Waals surface area (Å²) >= 11 is 4.77. The molecule has 0 spiro atoms. The summed E-state index contributed by atoms with van der Waals surface area (Å²) in [6, 6.07) is 7.63. The highest BCUT2D eigenvalue weighted by atomic mass is 79.9. The quantitative estimate of drug-likeness (QED) is 0.514. The van der Waals surface area contributed by atoms with Gasteiger partial charge in [0, 0.05) is 15.4 Å². The Balaban J connectivity index is 2.19. The maximum Gasteiger partial charge on any atom is 0.341 e. The molecule has 4 nitrogen and oxygen atoms in total. The van der Waals surface area contributed by atoms with Gasteiger partial charge in [-0.1, -0.05) is 35.0 Å². The molecular weight excluding hydrogens is 402 g/mol. The van der Waals surface area contributed by atoms with E-state index in [1.165, 1.54) is 17.4 Å². The van der Waals surface area contributed by atoms with E-state index in [4.69, 9.17) is 4.74 Å². The van der Waals surface area contributed by atoms with E-state index in [2.05, 4.69) is 21.2 Å². The molecule has 1 aromatic heterocycles. The van der Waals surface area contributed by atoms with Crippen LogP contribution in [-0.4, -0.2) is 18.5 Å². The molecule has 1 heterocycles. The van der Waals surface area contributed by atoms with Crippen LogP contribution >= 0.6 is 27.3 Å². The predicted molar refractivity (Wildman–Crippen MR) is 106 cm³/mol. The number of thiophene rings is 1. The molecule has 0 aliphatic carbocycles. The molecule has 0 aliphatic heterocycles. The van der Waals surface area contributed by atoms with Gasteiger partial charge >= 0.3 is 5.97 Å². The molecule has 0 saturated carbocycles. The number of hydrogen-bond donors (Lipinski definition) is 1. The van der Waals surface area contributed by atoms with Crippen molar-refractivity contribution in [3.8, 4) is 0 Å². The van der Waals surface area contributed by atoms with Crippen LogP contribution < -0.4 is 5.32 Å². The van der Waals surface area contributed by atoms with E-state index >= 15 is 0 Å². The number of amides is 1. The van der Waals surface area contributed by atoms with Crippen molar-refractivity contribution in [3.63, 3.8) is 0 Å². The van der Waals surface area contributed by atoms with Gasteiger partial charge in [0.15, 0.2) is 0 Å². The lowest BCUT2D eigenvalue weighted by atomic mass is 10.1. The zero-order valence-electron chi connectivity index (χ0n) is 14.4. The van der Waals surface area contributed by atoms with Crippen LogP contribution in [0.15, 0.2) is 34.8 Å². The zero-order chi connectivity index (χ0) is 18.4. The summed E-state index contributed by atoms with van der Waals surface area (Å²) < 4.78 is 6.12. The van der Waals surface area contributed by atoms with Gasteiger partial charge in [0.25, 0.3) is 0 Å². The summed E-state index contributed by atoms with van der Waals surface area (Å²) in [5.74, 6) is -0.673. The lowest BCUT2D eigenvalue weighted by Crippen LogP contribution is -2.13. The Bertz CT molecular complexity index is 794. The monoisotopic (exact) mass is 421 g/mol. The standard InChI is InChI=1S/C19H20BrNO3S/c1-4-15-12(3)25-18(17(15)19(23)24-5-2)21-16(22)11-8-13-6-9-14(20)10-7-13/h6-11H,4-5H2,1-3H3,(H,21,22). The number of hydrogen-bond acceptors (Lipinski definition) is 4. The second-order valence-electron chi connectivity index (χ2n) is 5.29. The molecule has 0 bridgehead atoms. The zero-order valence-corrected chi connectivity index (χ0v) is 16.8. The Morgan fingerprint density at radius 2 is 1.92 bits per heavy atom. The Morgan fingerprint density at radius 1 is 1.24 bits per heavy atom. The van der Waals surface area contributed by atoms with E-state index in [0.717, 1.165) is 20.5 Å². The van der Waals surface area contributed by atoms with Gasteiger partial charge in [0.05, 0.1) is 12.2 Å². The molecule has 0 unspecified atom stereocenters. The van der Waals surface area contributed by atoms with E-state index in [9.17, 15) is 9.59 Å². The maximum atomic E-state index is 12.3. The predicted octanol–water partition coefficient (Wildman–Crippen LogP) is 5.21. The number of carbonyl (C=O) groups is 2. The molecule has 1 amide bonds. The number of anilines is 1. The average Bonchev–Trinajstić information content (AvgIpc) is 2.89. The van der Waals surface area contributed by atoms with Crippen molar-refractivity contribution in [1.29, 1.82) is 0 Å². The molecule has 2 aromatic rings. The summed E-state index contributed by atoms with van der Waals surface area (Å²) in [6.45, 7) is 5.99. The number of rotatable bonds is 6. The number of aryl methyl sites for hydroxylation is 1. The number of nitrogens with one attached hydrogen (secondary N) is 1. The number of carbonyl (C=O) groups excluding carboxylic acids is 2. The van der Waals surface area contributed by atoms with Crippen LogP contribution in [0.2, 0.25) is 0 Å². The van der Waals surface area contributed by atoms with Gasteiger partial charge in [-0.05, 0) is 49.6 Å². The Kier molecular flexibility index (Phi) is 6.96. The third kappa shape index (κ3) is 5.03. The molecule has 132 valence electrons. The van der Waals surface area contributed by atoms with E-state index in [1.807, 2.05) is 38.1 Å². The van der Waals surface area contributed by atoms with Gasteiger partial charge in [-0.15, -0.1) is 11.3 Å². The summed E-state index contributed by atoms with van der Waals surface area (Å²) in [5, 5.41) is 3.35. The van der Waals surface area contributed by atoms with Crippen LogP contribution in [-0.2, 0) is 16.0 Å². The number of esters is 1. The Labute approximate surface area is 160 Å². The molecule has 0 atom stereocenters. The molecule has 25 heavy (non-hydrogen) atoms. The SMILES string of the molecule is CCOC(=O)c1c(NC(=O)C=Cc2ccc(Br)cc2)sc(C)c1CC. The van der Waals surface area contributed by atoms with Crippen molar-refractivity contribution < 1.29 is 14.3 Å². The van der Waals surface area contributed by atoms with Crippen LogP contribution in [0, 0.1) is 6.92 Å². The van der Waals surface area contributed by atoms with Crippen LogP contribution in [0.25, 0.3) is 6.08 Å². The maximum absolute atomic E-state index is 12.3. The molecule has 1 N–H and O–H groups in total. The smallest absolute Gasteiger partial charge is 0.341 e. The minimum Gasteiger partial charge on any atom is -0.462 e. The highest BCUT2D eigenvalue weighted by molar-refractivity contribution is 9.10. The normalized spacial score (nSPS) is 10.9. The molecule has 0 fully saturated rings. The van der Waals surface area contributed by atoms with E-state index < -0.39 is 5.97 Å². The topological polar surface area (TPSA) is 55.4 Å². The summed E-state index contributed by atoms with van der Waals surface area (Å²) in [7, 11) is 0. The fourth-order valence-electron chi connectivity index (χ4n) is 2.41. The van der Waals surface area contributed by atoms with Gasteiger partial charge in [-0.3, -0.25) is 4.79 Å². The third-order valence-corrected chi connectivity index (χ3v) is 5.17. The molecule has 6 heteroatoms. The first-order valence-electron chi connectivity index (χ1n) is 8.00. The molecule has 0 radical (unpaired) electrons. The number of ether oxygens (including phenoxy) is 1. The third-order valence-electron chi connectivity index (χ3n) is 3.58. The van der Waals surface area contributed by atoms with Crippen molar-refractivity contribution in [2.45, 2.75) is 27.2 Å². The minimum atomic E-state index is -0.393. The van der Waals surface area contributed by atoms with Crippen molar-refractivity contribution >= 4 is 50.2 Å². The highest BCUT2D eigenvalue weighted by Gasteiger charge is 2.22. The van der Waals surface area contributed by atoms with Gasteiger partial charge in [-0.2, -0.15) is 0 Å². The first-order chi connectivity index (χ1) is 12.0. The fraction of sp³-hybridized carbons (Fsp3) is 0.263. The number of benzene rings is 1. The first kappa shape index (κ1) is 19.4. The molecule has 0 saturated heterocycles. The Hall–Kier alpha value is -1.92. The average molecular weight is 422 g/mol. The van der Waals surface area contributed by atoms with Gasteiger partial charge in [0.1, 0.15) is 5.00 Å². The summed E-state index contributed by atoms with van der Waals surface area (Å²) in [5.41, 5.74) is 2.31. The number of halogens is 1. The molecule has 0 aliphatic rings. The lowest BCUT2D eigenvalue weighted by Gasteiger charge is -2.06. The van der Waals surface area contributed by atoms with Crippen molar-refractivity contribution in [1.82, 2.24) is 0 Å². The largest absolute Gasteiger partial charge is 0.462 e. The molecule has 1 aromatic carbocycles. The van der Waals surface area contributed by atoms with Crippen molar-refractivity contribution in [2.75, 3.05) is 11.9 Å². The van der Waals surface area contributed by atoms with Gasteiger partial charge in [-0.25, -0.2) is 4.79 Å². The van der Waals surface area contributed by atoms with E-state index in [1.54, 1.807) is 13.0 Å². The Morgan fingerprint density at radius 3 is 2.52 bits per heavy atom. The van der Waals surface area contributed by atoms with E-state index in [-0.39, 0.29) is 5.91 Å². The van der Waals surface area contributed by atoms with E-state index in [0.29, 0.717) is 23.6 Å². The second kappa shape index (κ2) is 8.97. The molecular formula is C19H20BrNO3S. The van der Waals surface area contributed by atoms with Crippen LogP contribution in [0.1, 0.15) is 40.2 Å². The highest BCUT2D eigenvalue weighted by Crippen LogP contribution is 2.34. The van der Waals surface area contributed by atoms with Crippen molar-refractivity contribution in [2.24, 2.45) is 0 Å². The first-order valence-corrected chi connectivity index (χ1v) is 9.61.